The van der Waals surface area contributed by atoms with Crippen molar-refractivity contribution in [3.05, 3.63) is 62.4 Å². The quantitative estimate of drug-likeness (QED) is 0.662. The Morgan fingerprint density at radius 2 is 1.88 bits per heavy atom. The smallest absolute Gasteiger partial charge is 0.240 e. The summed E-state index contributed by atoms with van der Waals surface area (Å²) in [6, 6.07) is 6.32. The number of carbonyl (C=O) groups excluding carboxylic acids is 1. The third-order valence-corrected chi connectivity index (χ3v) is 4.51. The van der Waals surface area contributed by atoms with Crippen molar-refractivity contribution in [2.24, 2.45) is 0 Å². The fourth-order valence-corrected chi connectivity index (χ4v) is 3.30. The first-order valence-corrected chi connectivity index (χ1v) is 8.81. The van der Waals surface area contributed by atoms with Gasteiger partial charge in [0.15, 0.2) is 0 Å². The number of carbonyl (C=O) groups is 1. The van der Waals surface area contributed by atoms with Crippen molar-refractivity contribution in [3.63, 3.8) is 0 Å². The molecule has 0 fully saturated rings. The number of hydrogen-bond donors (Lipinski definition) is 2. The third kappa shape index (κ3) is 4.87. The maximum absolute atomic E-state index is 14.7. The Hall–Kier alpha value is -1.82. The predicted octanol–water partition coefficient (Wildman–Crippen LogP) is 5.12. The predicted molar refractivity (Wildman–Crippen MR) is 100 cm³/mol. The highest BCUT2D eigenvalue weighted by atomic mass is 35.5. The van der Waals surface area contributed by atoms with E-state index in [1.807, 2.05) is 13.8 Å². The number of halogens is 3. The van der Waals surface area contributed by atoms with Gasteiger partial charge in [-0.05, 0) is 40.8 Å². The first-order chi connectivity index (χ1) is 12.2. The first-order valence-electron chi connectivity index (χ1n) is 8.06. The largest absolute Gasteiger partial charge is 0.508 e. The molecule has 2 N–H and O–H groups in total. The summed E-state index contributed by atoms with van der Waals surface area (Å²) in [5.74, 6) is -0.995. The van der Waals surface area contributed by atoms with E-state index in [2.05, 4.69) is 5.48 Å². The molecule has 2 aromatic rings. The Morgan fingerprint density at radius 3 is 2.42 bits per heavy atom. The van der Waals surface area contributed by atoms with E-state index in [1.54, 1.807) is 12.1 Å². The molecule has 0 radical (unpaired) electrons. The summed E-state index contributed by atoms with van der Waals surface area (Å²) in [5.41, 5.74) is 4.14. The number of aromatic hydroxyl groups is 1. The molecule has 0 atom stereocenters. The Kier molecular flexibility index (Phi) is 6.87. The Balaban J connectivity index is 2.28. The van der Waals surface area contributed by atoms with Gasteiger partial charge in [0.1, 0.15) is 11.6 Å². The monoisotopic (exact) mass is 399 g/mol. The molecule has 1 amide bonds. The van der Waals surface area contributed by atoms with Gasteiger partial charge in [-0.15, -0.1) is 0 Å². The van der Waals surface area contributed by atoms with Crippen LogP contribution in [0.25, 0.3) is 0 Å². The van der Waals surface area contributed by atoms with E-state index in [-0.39, 0.29) is 36.2 Å². The number of amides is 1. The van der Waals surface area contributed by atoms with Gasteiger partial charge in [0.05, 0.1) is 6.61 Å². The van der Waals surface area contributed by atoms with Crippen molar-refractivity contribution < 1.29 is 19.1 Å². The number of hydrogen-bond acceptors (Lipinski definition) is 3. The fourth-order valence-electron chi connectivity index (χ4n) is 2.63. The second-order valence-electron chi connectivity index (χ2n) is 6.29. The number of benzene rings is 2. The van der Waals surface area contributed by atoms with Crippen LogP contribution in [-0.4, -0.2) is 11.0 Å². The fraction of sp³-hybridized carbons (Fsp3) is 0.316. The summed E-state index contributed by atoms with van der Waals surface area (Å²) in [7, 11) is 0. The molecule has 4 nitrogen and oxygen atoms in total. The van der Waals surface area contributed by atoms with Gasteiger partial charge in [0, 0.05) is 29.0 Å². The number of phenolic OH excluding ortho intramolecular Hbond substituents is 1. The van der Waals surface area contributed by atoms with Gasteiger partial charge in [0.2, 0.25) is 5.91 Å². The molecule has 0 unspecified atom stereocenters. The van der Waals surface area contributed by atoms with Crippen molar-refractivity contribution in [2.75, 3.05) is 0 Å². The number of hydroxylamine groups is 1. The van der Waals surface area contributed by atoms with Crippen LogP contribution in [0.2, 0.25) is 10.0 Å². The molecule has 140 valence electrons. The lowest BCUT2D eigenvalue weighted by Crippen LogP contribution is -2.19. The summed E-state index contributed by atoms with van der Waals surface area (Å²) < 4.78 is 14.7. The Morgan fingerprint density at radius 1 is 1.27 bits per heavy atom. The van der Waals surface area contributed by atoms with E-state index < -0.39 is 5.82 Å². The van der Waals surface area contributed by atoms with Crippen molar-refractivity contribution in [1.29, 1.82) is 0 Å². The standard InChI is InChI=1S/C19H20Cl2FNO3/c1-10(2)18-17(25)5-4-13(19(18)22)8-14-15(20)6-12(7-16(14)21)9-26-23-11(3)24/h4-7,10,25H,8-9H2,1-3H3,(H,23,24). The zero-order chi connectivity index (χ0) is 19.4. The Labute approximate surface area is 161 Å². The maximum Gasteiger partial charge on any atom is 0.240 e. The summed E-state index contributed by atoms with van der Waals surface area (Å²) in [5, 5.41) is 10.6. The number of nitrogens with one attached hydrogen (secondary N) is 1. The molecule has 0 spiro atoms. The molecular weight excluding hydrogens is 380 g/mol. The molecule has 0 aliphatic heterocycles. The van der Waals surface area contributed by atoms with Crippen LogP contribution in [0, 0.1) is 5.82 Å². The first kappa shape index (κ1) is 20.5. The second-order valence-corrected chi connectivity index (χ2v) is 7.10. The van der Waals surface area contributed by atoms with E-state index in [0.717, 1.165) is 0 Å². The minimum Gasteiger partial charge on any atom is -0.508 e. The molecule has 0 saturated heterocycles. The highest BCUT2D eigenvalue weighted by molar-refractivity contribution is 6.36. The van der Waals surface area contributed by atoms with Gasteiger partial charge in [-0.3, -0.25) is 9.63 Å². The molecule has 0 aromatic heterocycles. The molecule has 7 heteroatoms. The number of phenols is 1. The lowest BCUT2D eigenvalue weighted by atomic mass is 9.95. The minimum atomic E-state index is -0.454. The highest BCUT2D eigenvalue weighted by Gasteiger charge is 2.18. The molecule has 0 aliphatic rings. The minimum absolute atomic E-state index is 0.0658. The van der Waals surface area contributed by atoms with E-state index in [4.69, 9.17) is 28.0 Å². The summed E-state index contributed by atoms with van der Waals surface area (Å²) in [6.07, 6.45) is 0.191. The maximum atomic E-state index is 14.7. The van der Waals surface area contributed by atoms with Crippen LogP contribution in [0.4, 0.5) is 4.39 Å². The lowest BCUT2D eigenvalue weighted by molar-refractivity contribution is -0.132. The van der Waals surface area contributed by atoms with Gasteiger partial charge >= 0.3 is 0 Å². The molecule has 0 heterocycles. The third-order valence-electron chi connectivity index (χ3n) is 3.84. The summed E-state index contributed by atoms with van der Waals surface area (Å²) in [4.78, 5) is 15.8. The van der Waals surface area contributed by atoms with Crippen molar-refractivity contribution >= 4 is 29.1 Å². The van der Waals surface area contributed by atoms with E-state index in [1.165, 1.54) is 19.1 Å². The lowest BCUT2D eigenvalue weighted by Gasteiger charge is -2.15. The van der Waals surface area contributed by atoms with Crippen LogP contribution in [0.15, 0.2) is 24.3 Å². The molecule has 2 rings (SSSR count). The van der Waals surface area contributed by atoms with Crippen molar-refractivity contribution in [3.8, 4) is 5.75 Å². The normalized spacial score (nSPS) is 11.0. The zero-order valence-electron chi connectivity index (χ0n) is 14.7. The SMILES string of the molecule is CC(=O)NOCc1cc(Cl)c(Cc2ccc(O)c(C(C)C)c2F)c(Cl)c1. The molecule has 2 aromatic carbocycles. The average Bonchev–Trinajstić information content (AvgIpc) is 2.52. The number of rotatable bonds is 6. The molecule has 26 heavy (non-hydrogen) atoms. The topological polar surface area (TPSA) is 58.6 Å². The van der Waals surface area contributed by atoms with Crippen LogP contribution < -0.4 is 5.48 Å². The Bertz CT molecular complexity index is 802. The van der Waals surface area contributed by atoms with E-state index in [0.29, 0.717) is 26.7 Å². The van der Waals surface area contributed by atoms with Crippen LogP contribution >= 0.6 is 23.2 Å². The van der Waals surface area contributed by atoms with Crippen LogP contribution in [0.5, 0.6) is 5.75 Å². The molecule has 0 bridgehead atoms. The molecule has 0 saturated carbocycles. The highest BCUT2D eigenvalue weighted by Crippen LogP contribution is 2.34. The van der Waals surface area contributed by atoms with Crippen molar-refractivity contribution in [2.45, 2.75) is 39.7 Å². The van der Waals surface area contributed by atoms with Crippen LogP contribution in [0.1, 0.15) is 48.9 Å². The van der Waals surface area contributed by atoms with Crippen LogP contribution in [-0.2, 0) is 22.7 Å². The van der Waals surface area contributed by atoms with E-state index in [9.17, 15) is 14.3 Å². The van der Waals surface area contributed by atoms with Gasteiger partial charge < -0.3 is 5.11 Å². The molecular formula is C19H20Cl2FNO3. The van der Waals surface area contributed by atoms with Crippen molar-refractivity contribution in [1.82, 2.24) is 5.48 Å². The van der Waals surface area contributed by atoms with Gasteiger partial charge in [-0.25, -0.2) is 9.87 Å². The van der Waals surface area contributed by atoms with Crippen LogP contribution in [0.3, 0.4) is 0 Å². The van der Waals surface area contributed by atoms with Gasteiger partial charge in [-0.2, -0.15) is 0 Å². The summed E-state index contributed by atoms with van der Waals surface area (Å²) >= 11 is 12.6. The zero-order valence-corrected chi connectivity index (χ0v) is 16.2. The van der Waals surface area contributed by atoms with Gasteiger partial charge in [-0.1, -0.05) is 43.1 Å². The summed E-state index contributed by atoms with van der Waals surface area (Å²) in [6.45, 7) is 5.06. The van der Waals surface area contributed by atoms with E-state index >= 15 is 0 Å². The van der Waals surface area contributed by atoms with Gasteiger partial charge in [0.25, 0.3) is 0 Å². The molecule has 0 aliphatic carbocycles. The average molecular weight is 400 g/mol. The second kappa shape index (κ2) is 8.71.